The fourth-order valence-electron chi connectivity index (χ4n) is 3.69. The summed E-state index contributed by atoms with van der Waals surface area (Å²) in [5.41, 5.74) is 9.29. The number of primary amides is 1. The van der Waals surface area contributed by atoms with Gasteiger partial charge in [-0.3, -0.25) is 9.59 Å². The minimum absolute atomic E-state index is 0.0588. The van der Waals surface area contributed by atoms with Crippen LogP contribution >= 0.6 is 11.3 Å². The number of alkyl halides is 3. The third kappa shape index (κ3) is 6.47. The molecule has 1 fully saturated rings. The Balaban J connectivity index is 1.32. The maximum atomic E-state index is 12.6. The number of likely N-dealkylation sites (tertiary alicyclic amines) is 1. The lowest BCUT2D eigenvalue weighted by Gasteiger charge is -2.32. The van der Waals surface area contributed by atoms with Crippen LogP contribution in [0.15, 0.2) is 47.4 Å². The van der Waals surface area contributed by atoms with Gasteiger partial charge in [-0.1, -0.05) is 12.1 Å². The van der Waals surface area contributed by atoms with Gasteiger partial charge in [0, 0.05) is 43.1 Å². The van der Waals surface area contributed by atoms with Crippen LogP contribution in [0.4, 0.5) is 13.2 Å². The van der Waals surface area contributed by atoms with Crippen LogP contribution in [0, 0.1) is 0 Å². The van der Waals surface area contributed by atoms with Crippen LogP contribution in [0.2, 0.25) is 0 Å². The number of ether oxygens (including phenoxy) is 2. The number of nitrogens with zero attached hydrogens (tertiary/aromatic N) is 3. The summed E-state index contributed by atoms with van der Waals surface area (Å²) in [5.74, 6) is -1.00. The van der Waals surface area contributed by atoms with E-state index in [-0.39, 0.29) is 35.6 Å². The Morgan fingerprint density at radius 1 is 1.14 bits per heavy atom. The summed E-state index contributed by atoms with van der Waals surface area (Å²) in [6.45, 7) is 0.864. The minimum Gasteiger partial charge on any atom is -0.474 e. The first-order valence-corrected chi connectivity index (χ1v) is 11.6. The van der Waals surface area contributed by atoms with Crippen molar-refractivity contribution in [2.24, 2.45) is 5.73 Å². The molecule has 3 heterocycles. The molecule has 12 heteroatoms. The molecular formula is C23H21F3N4O4S. The first-order valence-electron chi connectivity index (χ1n) is 10.7. The van der Waals surface area contributed by atoms with Gasteiger partial charge >= 0.3 is 6.36 Å². The first-order chi connectivity index (χ1) is 16.7. The van der Waals surface area contributed by atoms with Crippen LogP contribution in [0.25, 0.3) is 11.3 Å². The SMILES string of the molecule is NC(=O)c1cc(-c2cscn2)cnc1OC1CCN(C(=O)Cc2ccc(OC(F)(F)F)cc2)CC1. The summed E-state index contributed by atoms with van der Waals surface area (Å²) in [6, 6.07) is 6.82. The highest BCUT2D eigenvalue weighted by atomic mass is 32.1. The summed E-state index contributed by atoms with van der Waals surface area (Å²) in [5, 5.41) is 1.83. The fourth-order valence-corrected chi connectivity index (χ4v) is 4.26. The van der Waals surface area contributed by atoms with Crippen molar-refractivity contribution in [3.8, 4) is 22.9 Å². The Hall–Kier alpha value is -3.67. The van der Waals surface area contributed by atoms with E-state index in [1.807, 2.05) is 5.38 Å². The van der Waals surface area contributed by atoms with Crippen LogP contribution in [0.3, 0.4) is 0 Å². The lowest BCUT2D eigenvalue weighted by atomic mass is 10.1. The summed E-state index contributed by atoms with van der Waals surface area (Å²) in [7, 11) is 0. The molecule has 1 aromatic carbocycles. The number of hydrogen-bond acceptors (Lipinski definition) is 7. The van der Waals surface area contributed by atoms with E-state index in [1.165, 1.54) is 35.6 Å². The lowest BCUT2D eigenvalue weighted by Crippen LogP contribution is -2.42. The van der Waals surface area contributed by atoms with Gasteiger partial charge in [0.15, 0.2) is 0 Å². The van der Waals surface area contributed by atoms with Crippen LogP contribution in [0.5, 0.6) is 11.6 Å². The lowest BCUT2D eigenvalue weighted by molar-refractivity contribution is -0.274. The maximum Gasteiger partial charge on any atom is 0.573 e. The highest BCUT2D eigenvalue weighted by Crippen LogP contribution is 2.27. The number of piperidine rings is 1. The molecule has 0 unspecified atom stereocenters. The number of carbonyl (C=O) groups excluding carboxylic acids is 2. The summed E-state index contributed by atoms with van der Waals surface area (Å²) in [6.07, 6.45) is -2.34. The van der Waals surface area contributed by atoms with Gasteiger partial charge in [-0.2, -0.15) is 0 Å². The third-order valence-corrected chi connectivity index (χ3v) is 6.02. The number of rotatable bonds is 7. The standard InChI is InChI=1S/C23H21F3N4O4S/c24-23(25,26)34-17-3-1-14(2-4-17)9-20(31)30-7-5-16(6-8-30)33-22-18(21(27)32)10-15(11-28-22)19-12-35-13-29-19/h1-4,10-13,16H,5-9H2,(H2,27,32). The van der Waals surface area contributed by atoms with E-state index in [1.54, 1.807) is 22.7 Å². The van der Waals surface area contributed by atoms with E-state index in [2.05, 4.69) is 14.7 Å². The van der Waals surface area contributed by atoms with Crippen molar-refractivity contribution in [2.75, 3.05) is 13.1 Å². The molecule has 2 N–H and O–H groups in total. The van der Waals surface area contributed by atoms with E-state index < -0.39 is 12.3 Å². The average Bonchev–Trinajstić information content (AvgIpc) is 3.35. The van der Waals surface area contributed by atoms with Gasteiger partial charge in [-0.15, -0.1) is 24.5 Å². The van der Waals surface area contributed by atoms with Crippen LogP contribution in [-0.4, -0.2) is 52.2 Å². The Bertz CT molecular complexity index is 1180. The van der Waals surface area contributed by atoms with Crippen LogP contribution in [0.1, 0.15) is 28.8 Å². The second kappa shape index (κ2) is 10.3. The van der Waals surface area contributed by atoms with Crippen molar-refractivity contribution < 1.29 is 32.2 Å². The van der Waals surface area contributed by atoms with Gasteiger partial charge in [0.05, 0.1) is 17.6 Å². The molecule has 184 valence electrons. The average molecular weight is 507 g/mol. The fraction of sp³-hybridized carbons (Fsp3) is 0.304. The van der Waals surface area contributed by atoms with Crippen molar-refractivity contribution >= 4 is 23.2 Å². The van der Waals surface area contributed by atoms with E-state index in [9.17, 15) is 22.8 Å². The predicted molar refractivity (Wildman–Crippen MR) is 121 cm³/mol. The largest absolute Gasteiger partial charge is 0.573 e. The molecular weight excluding hydrogens is 485 g/mol. The molecule has 3 aromatic rings. The topological polar surface area (TPSA) is 108 Å². The summed E-state index contributed by atoms with van der Waals surface area (Å²) in [4.78, 5) is 34.7. The molecule has 1 aliphatic rings. The molecule has 0 radical (unpaired) electrons. The van der Waals surface area contributed by atoms with Gasteiger partial charge in [0.25, 0.3) is 5.91 Å². The van der Waals surface area contributed by atoms with Crippen molar-refractivity contribution in [3.63, 3.8) is 0 Å². The van der Waals surface area contributed by atoms with Crippen LogP contribution < -0.4 is 15.2 Å². The van der Waals surface area contributed by atoms with Gasteiger partial charge in [-0.05, 0) is 23.8 Å². The molecule has 2 amide bonds. The number of amides is 2. The predicted octanol–water partition coefficient (Wildman–Crippen LogP) is 3.82. The molecule has 1 saturated heterocycles. The van der Waals surface area contributed by atoms with E-state index in [4.69, 9.17) is 10.5 Å². The van der Waals surface area contributed by atoms with Gasteiger partial charge in [0.1, 0.15) is 17.4 Å². The number of aromatic nitrogens is 2. The molecule has 0 spiro atoms. The van der Waals surface area contributed by atoms with Crippen molar-refractivity contribution in [1.29, 1.82) is 0 Å². The zero-order valence-electron chi connectivity index (χ0n) is 18.3. The Morgan fingerprint density at radius 2 is 1.86 bits per heavy atom. The molecule has 1 aliphatic heterocycles. The minimum atomic E-state index is -4.76. The highest BCUT2D eigenvalue weighted by molar-refractivity contribution is 7.07. The van der Waals surface area contributed by atoms with E-state index in [0.29, 0.717) is 42.8 Å². The first kappa shape index (κ1) is 24.5. The Morgan fingerprint density at radius 3 is 2.46 bits per heavy atom. The number of thiazole rings is 1. The number of carbonyl (C=O) groups is 2. The van der Waals surface area contributed by atoms with Crippen LogP contribution in [-0.2, 0) is 11.2 Å². The van der Waals surface area contributed by atoms with Crippen molar-refractivity contribution in [3.05, 3.63) is 58.5 Å². The highest BCUT2D eigenvalue weighted by Gasteiger charge is 2.31. The Labute approximate surface area is 202 Å². The molecule has 8 nitrogen and oxygen atoms in total. The molecule has 35 heavy (non-hydrogen) atoms. The molecule has 0 bridgehead atoms. The smallest absolute Gasteiger partial charge is 0.474 e. The second-order valence-corrected chi connectivity index (χ2v) is 8.60. The maximum absolute atomic E-state index is 12.6. The van der Waals surface area contributed by atoms with Gasteiger partial charge in [-0.25, -0.2) is 9.97 Å². The van der Waals surface area contributed by atoms with Crippen molar-refractivity contribution in [1.82, 2.24) is 14.9 Å². The second-order valence-electron chi connectivity index (χ2n) is 7.88. The zero-order valence-corrected chi connectivity index (χ0v) is 19.1. The zero-order chi connectivity index (χ0) is 25.0. The molecule has 0 atom stereocenters. The number of nitrogens with two attached hydrogens (primary N) is 1. The normalized spacial score (nSPS) is 14.5. The van der Waals surface area contributed by atoms with Gasteiger partial charge in [0.2, 0.25) is 11.8 Å². The third-order valence-electron chi connectivity index (χ3n) is 5.43. The molecule has 0 aliphatic carbocycles. The summed E-state index contributed by atoms with van der Waals surface area (Å²) >= 11 is 1.42. The number of benzene rings is 1. The van der Waals surface area contributed by atoms with E-state index >= 15 is 0 Å². The molecule has 0 saturated carbocycles. The van der Waals surface area contributed by atoms with E-state index in [0.717, 1.165) is 0 Å². The van der Waals surface area contributed by atoms with Crippen molar-refractivity contribution in [2.45, 2.75) is 31.7 Å². The quantitative estimate of drug-likeness (QED) is 0.522. The Kier molecular flexibility index (Phi) is 7.20. The van der Waals surface area contributed by atoms with Gasteiger partial charge < -0.3 is 20.1 Å². The monoisotopic (exact) mass is 506 g/mol. The number of pyridine rings is 1. The molecule has 4 rings (SSSR count). The number of hydrogen-bond donors (Lipinski definition) is 1. The number of halogens is 3. The molecule has 2 aromatic heterocycles. The summed E-state index contributed by atoms with van der Waals surface area (Å²) < 4.78 is 46.6.